The highest BCUT2D eigenvalue weighted by Crippen LogP contribution is 2.20. The van der Waals surface area contributed by atoms with Crippen molar-refractivity contribution in [3.63, 3.8) is 0 Å². The van der Waals surface area contributed by atoms with Crippen LogP contribution in [0.4, 0.5) is 4.39 Å². The number of hydrogen-bond acceptors (Lipinski definition) is 5. The number of piperidine rings is 1. The molecule has 0 atom stereocenters. The third kappa shape index (κ3) is 8.07. The van der Waals surface area contributed by atoms with Gasteiger partial charge in [-0.15, -0.1) is 0 Å². The highest BCUT2D eigenvalue weighted by Gasteiger charge is 2.20. The first kappa shape index (κ1) is 22.0. The molecule has 1 aliphatic heterocycles. The van der Waals surface area contributed by atoms with Gasteiger partial charge in [0.1, 0.15) is 11.6 Å². The van der Waals surface area contributed by atoms with Crippen molar-refractivity contribution in [1.82, 2.24) is 14.9 Å². The Bertz CT molecular complexity index is 614. The van der Waals surface area contributed by atoms with Gasteiger partial charge in [-0.1, -0.05) is 11.9 Å². The molecule has 1 heterocycles. The number of nitrogens with one attached hydrogen (secondary N) is 2. The molecule has 1 fully saturated rings. The predicted octanol–water partition coefficient (Wildman–Crippen LogP) is 3.31. The summed E-state index contributed by atoms with van der Waals surface area (Å²) in [6.07, 6.45) is 2.14. The van der Waals surface area contributed by atoms with Crippen molar-refractivity contribution >= 4 is 17.9 Å². The van der Waals surface area contributed by atoms with Crippen molar-refractivity contribution in [2.45, 2.75) is 38.4 Å². The van der Waals surface area contributed by atoms with E-state index in [2.05, 4.69) is 35.7 Å². The van der Waals surface area contributed by atoms with Crippen molar-refractivity contribution in [2.24, 2.45) is 5.92 Å². The van der Waals surface area contributed by atoms with Crippen LogP contribution in [0.5, 0.6) is 5.75 Å². The highest BCUT2D eigenvalue weighted by atomic mass is 32.2. The van der Waals surface area contributed by atoms with E-state index in [1.807, 2.05) is 0 Å². The quantitative estimate of drug-likeness (QED) is 0.521. The number of amides is 1. The number of hydrogen-bond donors (Lipinski definition) is 2. The van der Waals surface area contributed by atoms with Gasteiger partial charge < -0.3 is 15.0 Å². The first-order valence-electron chi connectivity index (χ1n) is 9.53. The van der Waals surface area contributed by atoms with Gasteiger partial charge in [0, 0.05) is 36.0 Å². The number of methoxy groups -OCH3 is 1. The second kappa shape index (κ2) is 10.3. The lowest BCUT2D eigenvalue weighted by Crippen LogP contribution is -2.41. The predicted molar refractivity (Wildman–Crippen MR) is 110 cm³/mol. The molecule has 1 aromatic rings. The zero-order chi connectivity index (χ0) is 19.9. The van der Waals surface area contributed by atoms with Crippen LogP contribution in [0.2, 0.25) is 0 Å². The molecule has 1 aliphatic rings. The Morgan fingerprint density at radius 3 is 2.63 bits per heavy atom. The van der Waals surface area contributed by atoms with Crippen molar-refractivity contribution in [3.05, 3.63) is 29.6 Å². The fourth-order valence-electron chi connectivity index (χ4n) is 3.04. The van der Waals surface area contributed by atoms with Gasteiger partial charge in [-0.05, 0) is 64.8 Å². The Labute approximate surface area is 166 Å². The standard InChI is InChI=1S/C20H32FN3O2S/c1-20(2,3)27-23-7-10-24-8-5-15(6-9-24)14-22-19(25)16-11-17(21)13-18(12-16)26-4/h11-13,15,23H,5-10,14H2,1-4H3,(H,22,25). The molecular formula is C20H32FN3O2S. The Morgan fingerprint density at radius 2 is 2.00 bits per heavy atom. The average Bonchev–Trinajstić information content (AvgIpc) is 2.63. The molecule has 0 aromatic heterocycles. The summed E-state index contributed by atoms with van der Waals surface area (Å²) in [5.74, 6) is 0.105. The summed E-state index contributed by atoms with van der Waals surface area (Å²) in [6.45, 7) is 11.4. The van der Waals surface area contributed by atoms with E-state index < -0.39 is 5.82 Å². The molecule has 0 aliphatic carbocycles. The minimum Gasteiger partial charge on any atom is -0.497 e. The number of ether oxygens (including phenoxy) is 1. The number of carbonyl (C=O) groups excluding carboxylic acids is 1. The van der Waals surface area contributed by atoms with Gasteiger partial charge >= 0.3 is 0 Å². The molecule has 0 unspecified atom stereocenters. The number of halogens is 1. The van der Waals surface area contributed by atoms with Crippen LogP contribution in [0.3, 0.4) is 0 Å². The van der Waals surface area contributed by atoms with E-state index in [9.17, 15) is 9.18 Å². The lowest BCUT2D eigenvalue weighted by molar-refractivity contribution is 0.0935. The summed E-state index contributed by atoms with van der Waals surface area (Å²) in [5.41, 5.74) is 0.298. The summed E-state index contributed by atoms with van der Waals surface area (Å²) in [5, 5.41) is 2.94. The smallest absolute Gasteiger partial charge is 0.251 e. The SMILES string of the molecule is COc1cc(F)cc(C(=O)NCC2CCN(CCNSC(C)(C)C)CC2)c1. The molecule has 1 amide bonds. The molecular weight excluding hydrogens is 365 g/mol. The van der Waals surface area contributed by atoms with E-state index in [0.29, 0.717) is 23.8 Å². The van der Waals surface area contributed by atoms with Gasteiger partial charge in [-0.3, -0.25) is 9.52 Å². The summed E-state index contributed by atoms with van der Waals surface area (Å²) >= 11 is 1.78. The average molecular weight is 398 g/mol. The van der Waals surface area contributed by atoms with Crippen LogP contribution in [-0.4, -0.2) is 55.4 Å². The molecule has 5 nitrogen and oxygen atoms in total. The van der Waals surface area contributed by atoms with Gasteiger partial charge in [0.05, 0.1) is 7.11 Å². The molecule has 152 valence electrons. The summed E-state index contributed by atoms with van der Waals surface area (Å²) in [6, 6.07) is 4.06. The number of nitrogens with zero attached hydrogens (tertiary/aromatic N) is 1. The minimum absolute atomic E-state index is 0.233. The lowest BCUT2D eigenvalue weighted by Gasteiger charge is -2.32. The Kier molecular flexibility index (Phi) is 8.38. The van der Waals surface area contributed by atoms with Gasteiger partial charge in [0.15, 0.2) is 0 Å². The fourth-order valence-corrected chi connectivity index (χ4v) is 3.66. The molecule has 0 bridgehead atoms. The molecule has 27 heavy (non-hydrogen) atoms. The maximum atomic E-state index is 13.5. The van der Waals surface area contributed by atoms with E-state index in [0.717, 1.165) is 39.0 Å². The van der Waals surface area contributed by atoms with E-state index in [-0.39, 0.29) is 10.7 Å². The first-order valence-corrected chi connectivity index (χ1v) is 10.3. The Balaban J connectivity index is 1.67. The molecule has 2 rings (SSSR count). The van der Waals surface area contributed by atoms with E-state index >= 15 is 0 Å². The van der Waals surface area contributed by atoms with Crippen molar-refractivity contribution in [2.75, 3.05) is 39.8 Å². The monoisotopic (exact) mass is 397 g/mol. The normalized spacial score (nSPS) is 16.3. The van der Waals surface area contributed by atoms with Crippen LogP contribution < -0.4 is 14.8 Å². The summed E-state index contributed by atoms with van der Waals surface area (Å²) in [4.78, 5) is 14.7. The first-order chi connectivity index (χ1) is 12.8. The topological polar surface area (TPSA) is 53.6 Å². The van der Waals surface area contributed by atoms with E-state index in [4.69, 9.17) is 4.74 Å². The molecule has 0 spiro atoms. The zero-order valence-electron chi connectivity index (χ0n) is 16.8. The third-order valence-electron chi connectivity index (χ3n) is 4.54. The van der Waals surface area contributed by atoms with Gasteiger partial charge in [-0.25, -0.2) is 4.39 Å². The van der Waals surface area contributed by atoms with Gasteiger partial charge in [-0.2, -0.15) is 0 Å². The van der Waals surface area contributed by atoms with E-state index in [1.165, 1.54) is 19.2 Å². The van der Waals surface area contributed by atoms with Crippen LogP contribution in [0.1, 0.15) is 44.0 Å². The van der Waals surface area contributed by atoms with Crippen LogP contribution in [0.25, 0.3) is 0 Å². The highest BCUT2D eigenvalue weighted by molar-refractivity contribution is 7.98. The van der Waals surface area contributed by atoms with Crippen LogP contribution >= 0.6 is 11.9 Å². The number of carbonyl (C=O) groups is 1. The zero-order valence-corrected chi connectivity index (χ0v) is 17.6. The maximum Gasteiger partial charge on any atom is 0.251 e. The molecule has 7 heteroatoms. The second-order valence-electron chi connectivity index (χ2n) is 7.98. The molecule has 1 saturated heterocycles. The fraction of sp³-hybridized carbons (Fsp3) is 0.650. The molecule has 0 radical (unpaired) electrons. The molecule has 1 aromatic carbocycles. The van der Waals surface area contributed by atoms with Gasteiger partial charge in [0.25, 0.3) is 5.91 Å². The largest absolute Gasteiger partial charge is 0.497 e. The van der Waals surface area contributed by atoms with Crippen LogP contribution in [0, 0.1) is 11.7 Å². The van der Waals surface area contributed by atoms with Crippen LogP contribution in [0.15, 0.2) is 18.2 Å². The number of likely N-dealkylation sites (tertiary alicyclic amines) is 1. The molecule has 2 N–H and O–H groups in total. The lowest BCUT2D eigenvalue weighted by atomic mass is 9.96. The summed E-state index contributed by atoms with van der Waals surface area (Å²) < 4.78 is 22.2. The minimum atomic E-state index is -0.467. The number of benzene rings is 1. The maximum absolute atomic E-state index is 13.5. The Hall–Kier alpha value is -1.31. The van der Waals surface area contributed by atoms with Gasteiger partial charge in [0.2, 0.25) is 0 Å². The van der Waals surface area contributed by atoms with Crippen molar-refractivity contribution in [1.29, 1.82) is 0 Å². The molecule has 0 saturated carbocycles. The van der Waals surface area contributed by atoms with E-state index in [1.54, 1.807) is 18.0 Å². The summed E-state index contributed by atoms with van der Waals surface area (Å²) in [7, 11) is 1.46. The van der Waals surface area contributed by atoms with Crippen molar-refractivity contribution < 1.29 is 13.9 Å². The Morgan fingerprint density at radius 1 is 1.30 bits per heavy atom. The number of rotatable bonds is 8. The van der Waals surface area contributed by atoms with Crippen molar-refractivity contribution in [3.8, 4) is 5.75 Å². The second-order valence-corrected chi connectivity index (χ2v) is 9.70. The third-order valence-corrected chi connectivity index (χ3v) is 5.50. The van der Waals surface area contributed by atoms with Crippen LogP contribution in [-0.2, 0) is 0 Å².